The van der Waals surface area contributed by atoms with Crippen LogP contribution in [0.2, 0.25) is 5.02 Å². The van der Waals surface area contributed by atoms with E-state index < -0.39 is 11.8 Å². The van der Waals surface area contributed by atoms with Crippen molar-refractivity contribution >= 4 is 29.5 Å². The summed E-state index contributed by atoms with van der Waals surface area (Å²) in [4.78, 5) is 18.2. The number of halogens is 2. The molecule has 1 saturated heterocycles. The van der Waals surface area contributed by atoms with E-state index in [1.165, 1.54) is 31.9 Å². The highest BCUT2D eigenvalue weighted by molar-refractivity contribution is 6.33. The van der Waals surface area contributed by atoms with Crippen molar-refractivity contribution in [1.82, 2.24) is 9.88 Å². The number of rotatable bonds is 6. The van der Waals surface area contributed by atoms with Crippen LogP contribution in [0.3, 0.4) is 0 Å². The zero-order valence-corrected chi connectivity index (χ0v) is 15.8. The number of carbonyl (C=O) groups excluding carboxylic acids is 1. The van der Waals surface area contributed by atoms with Gasteiger partial charge in [-0.25, -0.2) is 9.78 Å². The third-order valence-electron chi connectivity index (χ3n) is 5.03. The molecule has 1 aliphatic carbocycles. The Morgan fingerprint density at radius 2 is 2.23 bits per heavy atom. The maximum Gasteiger partial charge on any atom is 0.367 e. The van der Waals surface area contributed by atoms with Crippen molar-refractivity contribution in [3.8, 4) is 0 Å². The molecule has 0 spiro atoms. The molecule has 3 rings (SSSR count). The molecule has 0 unspecified atom stereocenters. The highest BCUT2D eigenvalue weighted by Gasteiger charge is 2.30. The van der Waals surface area contributed by atoms with Crippen LogP contribution in [0.1, 0.15) is 44.6 Å². The molecule has 2 aliphatic rings. The first-order chi connectivity index (χ1) is 12.6. The number of esters is 1. The molecule has 142 valence electrons. The normalized spacial score (nSPS) is 22.0. The fourth-order valence-corrected chi connectivity index (χ4v) is 3.97. The topological polar surface area (TPSA) is 54.5 Å². The van der Waals surface area contributed by atoms with Crippen LogP contribution in [0.4, 0.5) is 10.2 Å². The Bertz CT molecular complexity index is 677. The lowest BCUT2D eigenvalue weighted by molar-refractivity contribution is -0.140. The van der Waals surface area contributed by atoms with Gasteiger partial charge in [0, 0.05) is 31.4 Å². The molecule has 0 bridgehead atoms. The molecule has 0 amide bonds. The van der Waals surface area contributed by atoms with Gasteiger partial charge in [0.05, 0.1) is 11.6 Å². The van der Waals surface area contributed by atoms with E-state index in [2.05, 4.69) is 19.9 Å². The van der Waals surface area contributed by atoms with Gasteiger partial charge in [0.1, 0.15) is 5.82 Å². The zero-order chi connectivity index (χ0) is 18.5. The number of nitrogens with zero attached hydrogens (tertiary/aromatic N) is 2. The van der Waals surface area contributed by atoms with Crippen molar-refractivity contribution in [2.75, 3.05) is 25.0 Å². The molecule has 2 fully saturated rings. The fraction of sp³-hybridized carbons (Fsp3) is 0.579. The zero-order valence-electron chi connectivity index (χ0n) is 15.0. The summed E-state index contributed by atoms with van der Waals surface area (Å²) in [6.45, 7) is 3.86. The van der Waals surface area contributed by atoms with Gasteiger partial charge < -0.3 is 10.1 Å². The molecule has 1 aliphatic heterocycles. The summed E-state index contributed by atoms with van der Waals surface area (Å²) in [5.41, 5.74) is 0.421. The molecule has 26 heavy (non-hydrogen) atoms. The summed E-state index contributed by atoms with van der Waals surface area (Å²) in [5, 5.41) is 3.81. The van der Waals surface area contributed by atoms with E-state index in [1.54, 1.807) is 13.0 Å². The molecular formula is C19H25ClFN3O2. The molecule has 0 radical (unpaired) electrons. The van der Waals surface area contributed by atoms with Crippen LogP contribution in [0.25, 0.3) is 6.08 Å². The SMILES string of the molecule is CCOC(=O)C(F)=Cc1cnc(N[C@@H]2CCN(C3CCCC3)C2)c(Cl)c1. The van der Waals surface area contributed by atoms with Gasteiger partial charge in [-0.05, 0) is 43.9 Å². The fourth-order valence-electron chi connectivity index (χ4n) is 3.74. The van der Waals surface area contributed by atoms with Crippen LogP contribution in [0, 0.1) is 0 Å². The predicted octanol–water partition coefficient (Wildman–Crippen LogP) is 4.04. The summed E-state index contributed by atoms with van der Waals surface area (Å²) < 4.78 is 18.3. The first kappa shape index (κ1) is 19.1. The Kier molecular flexibility index (Phi) is 6.48. The molecule has 0 aromatic carbocycles. The molecule has 1 N–H and O–H groups in total. The molecule has 1 saturated carbocycles. The van der Waals surface area contributed by atoms with E-state index in [0.717, 1.165) is 31.6 Å². The van der Waals surface area contributed by atoms with Crippen molar-refractivity contribution < 1.29 is 13.9 Å². The predicted molar refractivity (Wildman–Crippen MR) is 101 cm³/mol. The Morgan fingerprint density at radius 3 is 2.92 bits per heavy atom. The van der Waals surface area contributed by atoms with Gasteiger partial charge in [0.25, 0.3) is 0 Å². The smallest absolute Gasteiger partial charge is 0.367 e. The van der Waals surface area contributed by atoms with Gasteiger partial charge in [0.2, 0.25) is 5.83 Å². The van der Waals surface area contributed by atoms with Crippen molar-refractivity contribution in [2.24, 2.45) is 0 Å². The standard InChI is InChI=1S/C19H25ClFN3O2/c1-2-26-19(25)17(21)10-13-9-16(20)18(22-11-13)23-14-7-8-24(12-14)15-5-3-4-6-15/h9-11,14-15H,2-8,12H2,1H3,(H,22,23)/t14-/m1/s1. The minimum absolute atomic E-state index is 0.126. The maximum atomic E-state index is 13.7. The molecule has 1 aromatic heterocycles. The summed E-state index contributed by atoms with van der Waals surface area (Å²) in [7, 11) is 0. The van der Waals surface area contributed by atoms with Gasteiger partial charge >= 0.3 is 5.97 Å². The van der Waals surface area contributed by atoms with Crippen molar-refractivity contribution in [2.45, 2.75) is 51.1 Å². The van der Waals surface area contributed by atoms with Crippen LogP contribution in [-0.2, 0) is 9.53 Å². The van der Waals surface area contributed by atoms with E-state index in [-0.39, 0.29) is 6.61 Å². The highest BCUT2D eigenvalue weighted by atomic mass is 35.5. The average Bonchev–Trinajstić information content (AvgIpc) is 3.29. The van der Waals surface area contributed by atoms with E-state index in [0.29, 0.717) is 22.4 Å². The van der Waals surface area contributed by atoms with Gasteiger partial charge in [-0.3, -0.25) is 4.90 Å². The number of hydrogen-bond acceptors (Lipinski definition) is 5. The number of likely N-dealkylation sites (tertiary alicyclic amines) is 1. The van der Waals surface area contributed by atoms with Crippen molar-refractivity contribution in [1.29, 1.82) is 0 Å². The van der Waals surface area contributed by atoms with E-state index >= 15 is 0 Å². The third-order valence-corrected chi connectivity index (χ3v) is 5.32. The number of aromatic nitrogens is 1. The van der Waals surface area contributed by atoms with Crippen LogP contribution in [0.15, 0.2) is 18.1 Å². The number of ether oxygens (including phenoxy) is 1. The molecular weight excluding hydrogens is 357 g/mol. The lowest BCUT2D eigenvalue weighted by Crippen LogP contribution is -2.33. The van der Waals surface area contributed by atoms with Gasteiger partial charge in [0.15, 0.2) is 0 Å². The molecule has 5 nitrogen and oxygen atoms in total. The Labute approximate surface area is 158 Å². The summed E-state index contributed by atoms with van der Waals surface area (Å²) >= 11 is 6.29. The first-order valence-corrected chi connectivity index (χ1v) is 9.65. The summed E-state index contributed by atoms with van der Waals surface area (Å²) in [6.07, 6.45) is 8.92. The van der Waals surface area contributed by atoms with Gasteiger partial charge in [-0.2, -0.15) is 4.39 Å². The Morgan fingerprint density at radius 1 is 1.46 bits per heavy atom. The lowest BCUT2D eigenvalue weighted by atomic mass is 10.2. The highest BCUT2D eigenvalue weighted by Crippen LogP contribution is 2.29. The minimum atomic E-state index is -0.983. The Hall–Kier alpha value is -1.66. The second kappa shape index (κ2) is 8.82. The molecule has 2 heterocycles. The maximum absolute atomic E-state index is 13.7. The monoisotopic (exact) mass is 381 g/mol. The van der Waals surface area contributed by atoms with E-state index in [1.807, 2.05) is 0 Å². The van der Waals surface area contributed by atoms with Gasteiger partial charge in [-0.15, -0.1) is 0 Å². The average molecular weight is 382 g/mol. The molecule has 1 atom stereocenters. The number of anilines is 1. The van der Waals surface area contributed by atoms with Crippen LogP contribution < -0.4 is 5.32 Å². The molecule has 1 aromatic rings. The Balaban J connectivity index is 1.59. The number of nitrogens with one attached hydrogen (secondary N) is 1. The van der Waals surface area contributed by atoms with Crippen molar-refractivity contribution in [3.63, 3.8) is 0 Å². The third kappa shape index (κ3) is 4.74. The number of carbonyl (C=O) groups is 1. The summed E-state index contributed by atoms with van der Waals surface area (Å²) in [6, 6.07) is 2.64. The number of pyridine rings is 1. The minimum Gasteiger partial charge on any atom is -0.461 e. The quantitative estimate of drug-likeness (QED) is 0.595. The van der Waals surface area contributed by atoms with Crippen LogP contribution in [-0.4, -0.2) is 47.6 Å². The first-order valence-electron chi connectivity index (χ1n) is 9.27. The second-order valence-electron chi connectivity index (χ2n) is 6.87. The van der Waals surface area contributed by atoms with E-state index in [4.69, 9.17) is 11.6 Å². The van der Waals surface area contributed by atoms with Crippen LogP contribution >= 0.6 is 11.6 Å². The lowest BCUT2D eigenvalue weighted by Gasteiger charge is -2.23. The summed E-state index contributed by atoms with van der Waals surface area (Å²) in [5.74, 6) is -1.35. The second-order valence-corrected chi connectivity index (χ2v) is 7.28. The molecule has 7 heteroatoms. The van der Waals surface area contributed by atoms with Crippen LogP contribution in [0.5, 0.6) is 0 Å². The van der Waals surface area contributed by atoms with E-state index in [9.17, 15) is 9.18 Å². The number of hydrogen-bond donors (Lipinski definition) is 1. The van der Waals surface area contributed by atoms with Gasteiger partial charge in [-0.1, -0.05) is 24.4 Å². The largest absolute Gasteiger partial charge is 0.461 e. The van der Waals surface area contributed by atoms with Crippen molar-refractivity contribution in [3.05, 3.63) is 28.7 Å².